The quantitative estimate of drug-likeness (QED) is 0.506. The average Bonchev–Trinajstić information content (AvgIpc) is 2.92. The van der Waals surface area contributed by atoms with Gasteiger partial charge in [0, 0.05) is 5.69 Å². The molecule has 1 heterocycles. The standard InChI is InChI=1S/C19H13FN2O6S/c20-11-3-1-10(2-4-11)7-15-17(25)22(19(28)29-15)9-16(24)21-12-5-6-14(23)13(8-12)18(26)27/h1-8,23H,9H2,(H,21,24)(H,26,27). The fourth-order valence-corrected chi connectivity index (χ4v) is 3.31. The Morgan fingerprint density at radius 1 is 1.14 bits per heavy atom. The summed E-state index contributed by atoms with van der Waals surface area (Å²) in [6.45, 7) is -0.575. The number of amides is 3. The first-order chi connectivity index (χ1) is 13.7. The minimum absolute atomic E-state index is 0.0824. The number of aromatic hydroxyl groups is 1. The Bertz CT molecular complexity index is 1050. The fraction of sp³-hybridized carbons (Fsp3) is 0.0526. The molecule has 8 nitrogen and oxygen atoms in total. The molecule has 1 aliphatic rings. The second-order valence-corrected chi connectivity index (χ2v) is 6.90. The number of carboxylic acids is 1. The summed E-state index contributed by atoms with van der Waals surface area (Å²) in [5.41, 5.74) is 0.196. The average molecular weight is 416 g/mol. The Morgan fingerprint density at radius 3 is 2.48 bits per heavy atom. The Morgan fingerprint density at radius 2 is 1.83 bits per heavy atom. The molecule has 148 valence electrons. The molecular formula is C19H13FN2O6S. The number of nitrogens with one attached hydrogen (secondary N) is 1. The van der Waals surface area contributed by atoms with Crippen molar-refractivity contribution in [1.82, 2.24) is 4.90 Å². The lowest BCUT2D eigenvalue weighted by Gasteiger charge is -2.13. The van der Waals surface area contributed by atoms with Crippen molar-refractivity contribution in [2.75, 3.05) is 11.9 Å². The summed E-state index contributed by atoms with van der Waals surface area (Å²) in [7, 11) is 0. The van der Waals surface area contributed by atoms with Crippen LogP contribution in [0.4, 0.5) is 14.9 Å². The lowest BCUT2D eigenvalue weighted by Crippen LogP contribution is -2.36. The maximum absolute atomic E-state index is 13.0. The van der Waals surface area contributed by atoms with Gasteiger partial charge in [-0.25, -0.2) is 9.18 Å². The van der Waals surface area contributed by atoms with Crippen LogP contribution < -0.4 is 5.32 Å². The van der Waals surface area contributed by atoms with Gasteiger partial charge in [0.15, 0.2) is 0 Å². The Kier molecular flexibility index (Phi) is 5.64. The number of benzene rings is 2. The van der Waals surface area contributed by atoms with E-state index in [1.54, 1.807) is 0 Å². The summed E-state index contributed by atoms with van der Waals surface area (Å²) < 4.78 is 13.0. The molecule has 0 aromatic heterocycles. The van der Waals surface area contributed by atoms with E-state index in [2.05, 4.69) is 5.32 Å². The first kappa shape index (κ1) is 20.1. The van der Waals surface area contributed by atoms with E-state index in [4.69, 9.17) is 5.11 Å². The van der Waals surface area contributed by atoms with Gasteiger partial charge in [0.1, 0.15) is 23.7 Å². The smallest absolute Gasteiger partial charge is 0.339 e. The van der Waals surface area contributed by atoms with Gasteiger partial charge in [-0.2, -0.15) is 0 Å². The number of imide groups is 1. The zero-order valence-corrected chi connectivity index (χ0v) is 15.4. The summed E-state index contributed by atoms with van der Waals surface area (Å²) in [6, 6.07) is 8.76. The molecule has 29 heavy (non-hydrogen) atoms. The topological polar surface area (TPSA) is 124 Å². The minimum atomic E-state index is -1.38. The Balaban J connectivity index is 1.70. The lowest BCUT2D eigenvalue weighted by molar-refractivity contribution is -0.127. The molecule has 2 aromatic rings. The van der Waals surface area contributed by atoms with Crippen molar-refractivity contribution in [2.45, 2.75) is 0 Å². The number of phenols is 1. The molecule has 2 aromatic carbocycles. The molecule has 0 bridgehead atoms. The number of rotatable bonds is 5. The predicted octanol–water partition coefficient (Wildman–Crippen LogP) is 2.90. The van der Waals surface area contributed by atoms with Crippen LogP contribution in [0.3, 0.4) is 0 Å². The van der Waals surface area contributed by atoms with Crippen molar-refractivity contribution < 1.29 is 33.8 Å². The number of nitrogens with zero attached hydrogens (tertiary/aromatic N) is 1. The maximum Gasteiger partial charge on any atom is 0.339 e. The molecule has 0 saturated carbocycles. The molecule has 10 heteroatoms. The van der Waals surface area contributed by atoms with Gasteiger partial charge in [-0.15, -0.1) is 0 Å². The van der Waals surface area contributed by atoms with E-state index in [-0.39, 0.29) is 10.6 Å². The summed E-state index contributed by atoms with van der Waals surface area (Å²) in [5.74, 6) is -3.68. The molecule has 1 aliphatic heterocycles. The van der Waals surface area contributed by atoms with E-state index in [9.17, 15) is 28.7 Å². The molecule has 0 spiro atoms. The maximum atomic E-state index is 13.0. The highest BCUT2D eigenvalue weighted by atomic mass is 32.2. The van der Waals surface area contributed by atoms with Crippen LogP contribution in [0.2, 0.25) is 0 Å². The van der Waals surface area contributed by atoms with Gasteiger partial charge < -0.3 is 15.5 Å². The number of anilines is 1. The first-order valence-electron chi connectivity index (χ1n) is 8.11. The van der Waals surface area contributed by atoms with E-state index >= 15 is 0 Å². The molecule has 3 rings (SSSR count). The van der Waals surface area contributed by atoms with E-state index in [1.807, 2.05) is 0 Å². The minimum Gasteiger partial charge on any atom is -0.507 e. The number of carbonyl (C=O) groups excluding carboxylic acids is 3. The molecule has 1 saturated heterocycles. The fourth-order valence-electron chi connectivity index (χ4n) is 2.48. The van der Waals surface area contributed by atoms with Crippen molar-refractivity contribution in [3.05, 3.63) is 64.3 Å². The van der Waals surface area contributed by atoms with Crippen LogP contribution in [0.1, 0.15) is 15.9 Å². The van der Waals surface area contributed by atoms with Crippen LogP contribution >= 0.6 is 11.8 Å². The monoisotopic (exact) mass is 416 g/mol. The van der Waals surface area contributed by atoms with Gasteiger partial charge in [-0.3, -0.25) is 19.3 Å². The molecule has 0 unspecified atom stereocenters. The summed E-state index contributed by atoms with van der Waals surface area (Å²) in [5, 5.41) is 20.2. The third-order valence-corrected chi connectivity index (χ3v) is 4.76. The summed E-state index contributed by atoms with van der Waals surface area (Å²) in [4.78, 5) is 48.6. The number of halogens is 1. The number of thioether (sulfide) groups is 1. The number of aromatic carboxylic acids is 1. The molecule has 3 N–H and O–H groups in total. The highest BCUT2D eigenvalue weighted by Gasteiger charge is 2.36. The second-order valence-electron chi connectivity index (χ2n) is 5.90. The molecule has 1 fully saturated rings. The summed E-state index contributed by atoms with van der Waals surface area (Å²) >= 11 is 0.651. The largest absolute Gasteiger partial charge is 0.507 e. The molecule has 0 aliphatic carbocycles. The highest BCUT2D eigenvalue weighted by molar-refractivity contribution is 8.18. The lowest BCUT2D eigenvalue weighted by atomic mass is 10.2. The SMILES string of the molecule is O=C(CN1C(=O)SC(=Cc2ccc(F)cc2)C1=O)Nc1ccc(O)c(C(=O)O)c1. The molecule has 3 amide bonds. The van der Waals surface area contributed by atoms with Crippen LogP contribution in [0, 0.1) is 5.82 Å². The van der Waals surface area contributed by atoms with Gasteiger partial charge >= 0.3 is 5.97 Å². The normalized spacial score (nSPS) is 15.1. The number of carboxylic acid groups (broad SMARTS) is 1. The Labute approximate surface area is 167 Å². The van der Waals surface area contributed by atoms with E-state index in [0.717, 1.165) is 17.0 Å². The van der Waals surface area contributed by atoms with Crippen LogP contribution in [0.15, 0.2) is 47.4 Å². The number of hydrogen-bond acceptors (Lipinski definition) is 6. The predicted molar refractivity (Wildman–Crippen MR) is 103 cm³/mol. The van der Waals surface area contributed by atoms with Crippen molar-refractivity contribution in [3.8, 4) is 5.75 Å². The van der Waals surface area contributed by atoms with Crippen LogP contribution in [0.25, 0.3) is 6.08 Å². The van der Waals surface area contributed by atoms with Crippen molar-refractivity contribution in [2.24, 2.45) is 0 Å². The zero-order chi connectivity index (χ0) is 21.1. The van der Waals surface area contributed by atoms with E-state index in [1.165, 1.54) is 36.4 Å². The van der Waals surface area contributed by atoms with Crippen molar-refractivity contribution in [1.29, 1.82) is 0 Å². The van der Waals surface area contributed by atoms with Gasteiger partial charge in [0.2, 0.25) is 5.91 Å². The van der Waals surface area contributed by atoms with Crippen molar-refractivity contribution in [3.63, 3.8) is 0 Å². The second kappa shape index (κ2) is 8.15. The van der Waals surface area contributed by atoms with E-state index < -0.39 is 46.7 Å². The first-order valence-corrected chi connectivity index (χ1v) is 8.93. The van der Waals surface area contributed by atoms with Crippen molar-refractivity contribution >= 4 is 46.5 Å². The van der Waals surface area contributed by atoms with Crippen LogP contribution in [-0.4, -0.2) is 44.7 Å². The zero-order valence-electron chi connectivity index (χ0n) is 14.6. The molecule has 0 atom stereocenters. The van der Waals surface area contributed by atoms with Gasteiger partial charge in [-0.1, -0.05) is 12.1 Å². The van der Waals surface area contributed by atoms with Gasteiger partial charge in [-0.05, 0) is 53.7 Å². The van der Waals surface area contributed by atoms with Gasteiger partial charge in [0.25, 0.3) is 11.1 Å². The Hall–Kier alpha value is -3.66. The number of hydrogen-bond donors (Lipinski definition) is 3. The molecular weight excluding hydrogens is 403 g/mol. The van der Waals surface area contributed by atoms with E-state index in [0.29, 0.717) is 17.3 Å². The summed E-state index contributed by atoms with van der Waals surface area (Å²) in [6.07, 6.45) is 1.42. The third-order valence-electron chi connectivity index (χ3n) is 3.85. The van der Waals surface area contributed by atoms with Crippen LogP contribution in [-0.2, 0) is 9.59 Å². The highest BCUT2D eigenvalue weighted by Crippen LogP contribution is 2.32. The van der Waals surface area contributed by atoms with Gasteiger partial charge in [0.05, 0.1) is 4.91 Å². The number of carbonyl (C=O) groups is 4. The molecule has 0 radical (unpaired) electrons. The third kappa shape index (κ3) is 4.61. The van der Waals surface area contributed by atoms with Crippen LogP contribution in [0.5, 0.6) is 5.75 Å².